The first-order valence-electron chi connectivity index (χ1n) is 6.15. The molecule has 1 N–H and O–H groups in total. The SMILES string of the molecule is CCCn1c(O)c(C=Nc2ccccc2C)sc1=O. The fourth-order valence-electron chi connectivity index (χ4n) is 1.76. The molecule has 1 aromatic carbocycles. The standard InChI is InChI=1S/C14H16N2O2S/c1-3-8-16-13(17)12(19-14(16)18)9-15-11-7-5-4-6-10(11)2/h4-7,9,17H,3,8H2,1-2H3. The lowest BCUT2D eigenvalue weighted by molar-refractivity contribution is 0.411. The topological polar surface area (TPSA) is 54.6 Å². The molecule has 5 heteroatoms. The Morgan fingerprint density at radius 2 is 2.16 bits per heavy atom. The fourth-order valence-corrected chi connectivity index (χ4v) is 2.54. The number of aryl methyl sites for hydroxylation is 1. The van der Waals surface area contributed by atoms with Gasteiger partial charge >= 0.3 is 4.87 Å². The van der Waals surface area contributed by atoms with Gasteiger partial charge < -0.3 is 5.11 Å². The van der Waals surface area contributed by atoms with Crippen LogP contribution in [-0.4, -0.2) is 15.9 Å². The molecule has 0 saturated carbocycles. The summed E-state index contributed by atoms with van der Waals surface area (Å²) in [4.78, 5) is 16.4. The number of thiazole rings is 1. The number of para-hydroxylation sites is 1. The molecule has 0 amide bonds. The molecule has 0 unspecified atom stereocenters. The largest absolute Gasteiger partial charge is 0.493 e. The zero-order valence-corrected chi connectivity index (χ0v) is 11.8. The van der Waals surface area contributed by atoms with Gasteiger partial charge in [0, 0.05) is 6.54 Å². The van der Waals surface area contributed by atoms with Crippen LogP contribution >= 0.6 is 11.3 Å². The van der Waals surface area contributed by atoms with Gasteiger partial charge in [-0.15, -0.1) is 0 Å². The summed E-state index contributed by atoms with van der Waals surface area (Å²) >= 11 is 1.01. The molecule has 0 fully saturated rings. The predicted molar refractivity (Wildman–Crippen MR) is 79.0 cm³/mol. The fraction of sp³-hybridized carbons (Fsp3) is 0.286. The Hall–Kier alpha value is -1.88. The van der Waals surface area contributed by atoms with Crippen molar-refractivity contribution in [2.45, 2.75) is 26.8 Å². The molecule has 0 spiro atoms. The highest BCUT2D eigenvalue weighted by Gasteiger charge is 2.11. The van der Waals surface area contributed by atoms with Crippen LogP contribution in [0.4, 0.5) is 5.69 Å². The van der Waals surface area contributed by atoms with Gasteiger partial charge in [-0.2, -0.15) is 0 Å². The Bertz CT molecular complexity index is 656. The Balaban J connectivity index is 2.32. The lowest BCUT2D eigenvalue weighted by Crippen LogP contribution is -2.11. The maximum absolute atomic E-state index is 11.7. The quantitative estimate of drug-likeness (QED) is 0.872. The molecule has 1 heterocycles. The minimum absolute atomic E-state index is 0.00850. The molecule has 19 heavy (non-hydrogen) atoms. The van der Waals surface area contributed by atoms with Crippen molar-refractivity contribution < 1.29 is 5.11 Å². The van der Waals surface area contributed by atoms with Gasteiger partial charge in [0.25, 0.3) is 0 Å². The molecule has 2 aromatic rings. The summed E-state index contributed by atoms with van der Waals surface area (Å²) in [5.41, 5.74) is 1.89. The molecule has 0 aliphatic heterocycles. The average molecular weight is 276 g/mol. The third kappa shape index (κ3) is 2.93. The van der Waals surface area contributed by atoms with Gasteiger partial charge in [-0.05, 0) is 25.0 Å². The Morgan fingerprint density at radius 1 is 1.42 bits per heavy atom. The summed E-state index contributed by atoms with van der Waals surface area (Å²) in [6, 6.07) is 7.72. The van der Waals surface area contributed by atoms with Crippen LogP contribution in [0.3, 0.4) is 0 Å². The summed E-state index contributed by atoms with van der Waals surface area (Å²) in [6.45, 7) is 4.46. The van der Waals surface area contributed by atoms with Crippen LogP contribution in [0.1, 0.15) is 23.8 Å². The van der Waals surface area contributed by atoms with E-state index < -0.39 is 0 Å². The number of aromatic hydroxyl groups is 1. The highest BCUT2D eigenvalue weighted by molar-refractivity contribution is 7.11. The number of benzene rings is 1. The highest BCUT2D eigenvalue weighted by Crippen LogP contribution is 2.21. The van der Waals surface area contributed by atoms with Crippen molar-refractivity contribution in [2.24, 2.45) is 4.99 Å². The zero-order valence-electron chi connectivity index (χ0n) is 11.0. The van der Waals surface area contributed by atoms with Crippen molar-refractivity contribution in [1.29, 1.82) is 0 Å². The van der Waals surface area contributed by atoms with Crippen molar-refractivity contribution in [1.82, 2.24) is 4.57 Å². The van der Waals surface area contributed by atoms with E-state index in [-0.39, 0.29) is 10.8 Å². The number of nitrogens with zero attached hydrogens (tertiary/aromatic N) is 2. The second kappa shape index (κ2) is 5.84. The van der Waals surface area contributed by atoms with Crippen LogP contribution in [-0.2, 0) is 6.54 Å². The maximum atomic E-state index is 11.7. The number of hydrogen-bond acceptors (Lipinski definition) is 4. The lowest BCUT2D eigenvalue weighted by atomic mass is 10.2. The van der Waals surface area contributed by atoms with Gasteiger partial charge in [-0.3, -0.25) is 14.4 Å². The first-order valence-corrected chi connectivity index (χ1v) is 6.97. The summed E-state index contributed by atoms with van der Waals surface area (Å²) in [5, 5.41) is 9.97. The molecule has 0 aliphatic carbocycles. The van der Waals surface area contributed by atoms with Crippen LogP contribution in [0, 0.1) is 6.92 Å². The Labute approximate surface area is 115 Å². The van der Waals surface area contributed by atoms with E-state index in [1.807, 2.05) is 38.1 Å². The molecule has 0 bridgehead atoms. The summed E-state index contributed by atoms with van der Waals surface area (Å²) < 4.78 is 1.38. The van der Waals surface area contributed by atoms with Crippen LogP contribution in [0.25, 0.3) is 0 Å². The van der Waals surface area contributed by atoms with Crippen LogP contribution in [0.15, 0.2) is 34.1 Å². The number of hydrogen-bond donors (Lipinski definition) is 1. The monoisotopic (exact) mass is 276 g/mol. The first kappa shape index (κ1) is 13.5. The minimum atomic E-state index is -0.148. The minimum Gasteiger partial charge on any atom is -0.493 e. The van der Waals surface area contributed by atoms with Gasteiger partial charge in [-0.1, -0.05) is 36.5 Å². The van der Waals surface area contributed by atoms with Gasteiger partial charge in [0.15, 0.2) is 0 Å². The van der Waals surface area contributed by atoms with Gasteiger partial charge in [0.05, 0.1) is 11.9 Å². The van der Waals surface area contributed by atoms with E-state index in [1.165, 1.54) is 4.57 Å². The summed E-state index contributed by atoms with van der Waals surface area (Å²) in [5.74, 6) is 0.00850. The van der Waals surface area contributed by atoms with Crippen molar-refractivity contribution in [3.8, 4) is 5.88 Å². The van der Waals surface area contributed by atoms with Gasteiger partial charge in [-0.25, -0.2) is 0 Å². The van der Waals surface area contributed by atoms with Crippen molar-refractivity contribution in [3.05, 3.63) is 44.4 Å². The maximum Gasteiger partial charge on any atom is 0.310 e. The van der Waals surface area contributed by atoms with E-state index >= 15 is 0 Å². The van der Waals surface area contributed by atoms with Crippen LogP contribution in [0.5, 0.6) is 5.88 Å². The third-order valence-corrected chi connectivity index (χ3v) is 3.68. The molecule has 4 nitrogen and oxygen atoms in total. The molecule has 0 radical (unpaired) electrons. The third-order valence-electron chi connectivity index (χ3n) is 2.78. The molecular formula is C14H16N2O2S. The van der Waals surface area contributed by atoms with E-state index in [1.54, 1.807) is 6.21 Å². The van der Waals surface area contributed by atoms with E-state index in [9.17, 15) is 9.90 Å². The second-order valence-corrected chi connectivity index (χ2v) is 5.25. The second-order valence-electron chi connectivity index (χ2n) is 4.25. The summed E-state index contributed by atoms with van der Waals surface area (Å²) in [6.07, 6.45) is 2.36. The molecular weight excluding hydrogens is 260 g/mol. The molecule has 0 aliphatic rings. The van der Waals surface area contributed by atoms with E-state index in [2.05, 4.69) is 4.99 Å². The predicted octanol–water partition coefficient (Wildman–Crippen LogP) is 3.08. The normalized spacial score (nSPS) is 11.3. The molecule has 1 aromatic heterocycles. The van der Waals surface area contributed by atoms with Crippen LogP contribution in [0.2, 0.25) is 0 Å². The molecule has 0 saturated heterocycles. The average Bonchev–Trinajstić information content (AvgIpc) is 2.66. The van der Waals surface area contributed by atoms with E-state index in [0.29, 0.717) is 11.4 Å². The number of aliphatic imine (C=N–C) groups is 1. The first-order chi connectivity index (χ1) is 9.13. The van der Waals surface area contributed by atoms with Crippen LogP contribution < -0.4 is 4.87 Å². The Morgan fingerprint density at radius 3 is 2.84 bits per heavy atom. The highest BCUT2D eigenvalue weighted by atomic mass is 32.1. The van der Waals surface area contributed by atoms with Crippen molar-refractivity contribution in [3.63, 3.8) is 0 Å². The van der Waals surface area contributed by atoms with Crippen molar-refractivity contribution >= 4 is 23.2 Å². The van der Waals surface area contributed by atoms with E-state index in [4.69, 9.17) is 0 Å². The molecule has 2 rings (SSSR count). The molecule has 0 atom stereocenters. The number of aromatic nitrogens is 1. The van der Waals surface area contributed by atoms with E-state index in [0.717, 1.165) is 29.0 Å². The smallest absolute Gasteiger partial charge is 0.310 e. The van der Waals surface area contributed by atoms with Crippen molar-refractivity contribution in [2.75, 3.05) is 0 Å². The van der Waals surface area contributed by atoms with Gasteiger partial charge in [0.2, 0.25) is 5.88 Å². The summed E-state index contributed by atoms with van der Waals surface area (Å²) in [7, 11) is 0. The lowest BCUT2D eigenvalue weighted by Gasteiger charge is -2.00. The van der Waals surface area contributed by atoms with Gasteiger partial charge in [0.1, 0.15) is 4.88 Å². The molecule has 100 valence electrons. The zero-order chi connectivity index (χ0) is 13.8. The number of rotatable bonds is 4. The Kier molecular flexibility index (Phi) is 4.16.